The Bertz CT molecular complexity index is 1470. The summed E-state index contributed by atoms with van der Waals surface area (Å²) in [4.78, 5) is 30.7. The molecule has 0 radical (unpaired) electrons. The van der Waals surface area contributed by atoms with Crippen LogP contribution in [0.15, 0.2) is 72.8 Å². The molecule has 0 spiro atoms. The van der Waals surface area contributed by atoms with Crippen LogP contribution >= 0.6 is 12.2 Å². The highest BCUT2D eigenvalue weighted by molar-refractivity contribution is 7.80. The zero-order valence-corrected chi connectivity index (χ0v) is 25.0. The normalized spacial score (nSPS) is 15.1. The molecule has 3 aromatic rings. The largest absolute Gasteiger partial charge is 0.497 e. The van der Waals surface area contributed by atoms with E-state index in [1.807, 2.05) is 30.3 Å². The summed E-state index contributed by atoms with van der Waals surface area (Å²) in [5, 5.41) is 6.44. The summed E-state index contributed by atoms with van der Waals surface area (Å²) in [6, 6.07) is 18.9. The number of alkyl halides is 3. The molecule has 4 rings (SSSR count). The van der Waals surface area contributed by atoms with Crippen LogP contribution < -0.4 is 20.1 Å². The van der Waals surface area contributed by atoms with Gasteiger partial charge >= 0.3 is 6.18 Å². The number of anilines is 1. The third kappa shape index (κ3) is 7.37. The molecular formula is C31H33F3N4O4S. The Hall–Kier alpha value is -4.32. The Morgan fingerprint density at radius 1 is 1.02 bits per heavy atom. The minimum absolute atomic E-state index is 0.118. The summed E-state index contributed by atoms with van der Waals surface area (Å²) < 4.78 is 50.2. The highest BCUT2D eigenvalue weighted by Gasteiger charge is 2.40. The van der Waals surface area contributed by atoms with Crippen LogP contribution in [-0.2, 0) is 22.3 Å². The average Bonchev–Trinajstić information content (AvgIpc) is 3.35. The van der Waals surface area contributed by atoms with Crippen molar-refractivity contribution in [1.29, 1.82) is 0 Å². The van der Waals surface area contributed by atoms with Gasteiger partial charge in [0.15, 0.2) is 5.11 Å². The number of thiocarbonyl (C=S) groups is 1. The monoisotopic (exact) mass is 614 g/mol. The first-order valence-electron chi connectivity index (χ1n) is 13.4. The summed E-state index contributed by atoms with van der Waals surface area (Å²) >= 11 is 5.52. The summed E-state index contributed by atoms with van der Waals surface area (Å²) in [7, 11) is 2.95. The van der Waals surface area contributed by atoms with E-state index in [0.717, 1.165) is 17.7 Å². The number of rotatable bonds is 10. The van der Waals surface area contributed by atoms with Gasteiger partial charge in [0.2, 0.25) is 11.8 Å². The Labute approximate surface area is 253 Å². The standard InChI is InChI=1S/C31H33F3N4O4S/c1-30(2,28(40)35-24-15-14-23(41-3)16-26(24)42-4)38(17-20-10-12-22(13-11-20)31(32,33)34)27(39)19-37-18-25(36-29(37)43)21-8-6-5-7-9-21/h5-16,25H,17-19H2,1-4H3,(H,35,40)(H,36,43)/t25-/m0/s1. The van der Waals surface area contributed by atoms with E-state index >= 15 is 0 Å². The molecule has 3 aromatic carbocycles. The van der Waals surface area contributed by atoms with Gasteiger partial charge < -0.3 is 29.9 Å². The van der Waals surface area contributed by atoms with E-state index in [2.05, 4.69) is 10.6 Å². The minimum Gasteiger partial charge on any atom is -0.497 e. The number of nitrogens with one attached hydrogen (secondary N) is 2. The fourth-order valence-electron chi connectivity index (χ4n) is 4.73. The van der Waals surface area contributed by atoms with E-state index in [-0.39, 0.29) is 19.1 Å². The van der Waals surface area contributed by atoms with E-state index in [1.54, 1.807) is 36.9 Å². The summed E-state index contributed by atoms with van der Waals surface area (Å²) in [5.41, 5.74) is -0.460. The Balaban J connectivity index is 1.60. The predicted molar refractivity (Wildman–Crippen MR) is 161 cm³/mol. The molecule has 0 aromatic heterocycles. The van der Waals surface area contributed by atoms with Crippen LogP contribution in [0.2, 0.25) is 0 Å². The number of ether oxygens (including phenoxy) is 2. The van der Waals surface area contributed by atoms with Gasteiger partial charge in [0, 0.05) is 19.2 Å². The molecule has 0 saturated carbocycles. The van der Waals surface area contributed by atoms with Crippen molar-refractivity contribution in [3.05, 3.63) is 89.5 Å². The number of benzene rings is 3. The maximum atomic E-state index is 13.9. The first-order valence-corrected chi connectivity index (χ1v) is 13.8. The van der Waals surface area contributed by atoms with Crippen molar-refractivity contribution < 1.29 is 32.2 Å². The van der Waals surface area contributed by atoms with E-state index in [1.165, 1.54) is 31.3 Å². The molecule has 1 aliphatic rings. The topological polar surface area (TPSA) is 83.1 Å². The Kier molecular flexibility index (Phi) is 9.49. The SMILES string of the molecule is COc1ccc(NC(=O)C(C)(C)N(Cc2ccc(C(F)(F)F)cc2)C(=O)CN2C[C@@H](c3ccccc3)NC2=S)c(OC)c1. The van der Waals surface area contributed by atoms with Crippen LogP contribution in [0.5, 0.6) is 11.5 Å². The maximum Gasteiger partial charge on any atom is 0.416 e. The number of nitrogens with zero attached hydrogens (tertiary/aromatic N) is 2. The lowest BCUT2D eigenvalue weighted by atomic mass is 9.99. The average molecular weight is 615 g/mol. The molecule has 2 N–H and O–H groups in total. The second-order valence-electron chi connectivity index (χ2n) is 10.5. The van der Waals surface area contributed by atoms with Crippen molar-refractivity contribution in [2.45, 2.75) is 38.1 Å². The van der Waals surface area contributed by atoms with E-state index < -0.39 is 29.1 Å². The van der Waals surface area contributed by atoms with Crippen LogP contribution in [0.1, 0.15) is 36.6 Å². The van der Waals surface area contributed by atoms with Crippen molar-refractivity contribution in [3.8, 4) is 11.5 Å². The molecule has 2 amide bonds. The Morgan fingerprint density at radius 2 is 1.70 bits per heavy atom. The molecule has 1 heterocycles. The molecule has 0 unspecified atom stereocenters. The van der Waals surface area contributed by atoms with Crippen LogP contribution in [0.25, 0.3) is 0 Å². The van der Waals surface area contributed by atoms with Gasteiger partial charge in [-0.2, -0.15) is 13.2 Å². The van der Waals surface area contributed by atoms with Crippen LogP contribution in [0.3, 0.4) is 0 Å². The van der Waals surface area contributed by atoms with Gasteiger partial charge in [0.25, 0.3) is 0 Å². The first kappa shape index (κ1) is 31.6. The highest BCUT2D eigenvalue weighted by atomic mass is 32.1. The van der Waals surface area contributed by atoms with Gasteiger partial charge in [-0.1, -0.05) is 42.5 Å². The molecule has 0 aliphatic carbocycles. The van der Waals surface area contributed by atoms with E-state index in [9.17, 15) is 22.8 Å². The minimum atomic E-state index is -4.50. The molecule has 8 nitrogen and oxygen atoms in total. The van der Waals surface area contributed by atoms with Gasteiger partial charge in [0.05, 0.1) is 38.1 Å². The van der Waals surface area contributed by atoms with Crippen LogP contribution in [0, 0.1) is 0 Å². The molecule has 1 fully saturated rings. The molecule has 1 saturated heterocycles. The molecular weight excluding hydrogens is 581 g/mol. The number of hydrogen-bond donors (Lipinski definition) is 2. The quantitative estimate of drug-likeness (QED) is 0.296. The highest BCUT2D eigenvalue weighted by Crippen LogP contribution is 2.32. The Morgan fingerprint density at radius 3 is 2.30 bits per heavy atom. The summed E-state index contributed by atoms with van der Waals surface area (Å²) in [5.74, 6) is -0.0816. The zero-order valence-electron chi connectivity index (χ0n) is 24.2. The predicted octanol–water partition coefficient (Wildman–Crippen LogP) is 5.40. The van der Waals surface area contributed by atoms with Crippen molar-refractivity contribution >= 4 is 34.8 Å². The van der Waals surface area contributed by atoms with Gasteiger partial charge in [-0.25, -0.2) is 0 Å². The fraction of sp³-hybridized carbons (Fsp3) is 0.323. The number of hydrogen-bond acceptors (Lipinski definition) is 5. The van der Waals surface area contributed by atoms with Crippen LogP contribution in [-0.4, -0.2) is 59.6 Å². The summed E-state index contributed by atoms with van der Waals surface area (Å²) in [6.45, 7) is 3.32. The zero-order chi connectivity index (χ0) is 31.4. The second-order valence-corrected chi connectivity index (χ2v) is 10.9. The number of methoxy groups -OCH3 is 2. The van der Waals surface area contributed by atoms with Gasteiger partial charge in [0.1, 0.15) is 17.0 Å². The number of carbonyl (C=O) groups is 2. The van der Waals surface area contributed by atoms with Gasteiger partial charge in [-0.05, 0) is 61.5 Å². The molecule has 1 atom stereocenters. The lowest BCUT2D eigenvalue weighted by Crippen LogP contribution is -2.57. The molecule has 0 bridgehead atoms. The number of amides is 2. The number of carbonyl (C=O) groups excluding carboxylic acids is 2. The third-order valence-corrected chi connectivity index (χ3v) is 7.70. The van der Waals surface area contributed by atoms with Crippen molar-refractivity contribution in [2.24, 2.45) is 0 Å². The van der Waals surface area contributed by atoms with E-state index in [4.69, 9.17) is 21.7 Å². The fourth-order valence-corrected chi connectivity index (χ4v) is 5.01. The third-order valence-electron chi connectivity index (χ3n) is 7.33. The first-order chi connectivity index (χ1) is 20.3. The van der Waals surface area contributed by atoms with Gasteiger partial charge in [-0.15, -0.1) is 0 Å². The lowest BCUT2D eigenvalue weighted by molar-refractivity contribution is -0.144. The molecule has 1 aliphatic heterocycles. The maximum absolute atomic E-state index is 13.9. The number of halogens is 3. The van der Waals surface area contributed by atoms with Crippen molar-refractivity contribution in [3.63, 3.8) is 0 Å². The van der Waals surface area contributed by atoms with Gasteiger partial charge in [-0.3, -0.25) is 9.59 Å². The lowest BCUT2D eigenvalue weighted by Gasteiger charge is -2.38. The molecule has 228 valence electrons. The second kappa shape index (κ2) is 12.9. The van der Waals surface area contributed by atoms with Crippen molar-refractivity contribution in [1.82, 2.24) is 15.1 Å². The molecule has 43 heavy (non-hydrogen) atoms. The summed E-state index contributed by atoms with van der Waals surface area (Å²) in [6.07, 6.45) is -4.50. The van der Waals surface area contributed by atoms with Crippen molar-refractivity contribution in [2.75, 3.05) is 32.6 Å². The smallest absolute Gasteiger partial charge is 0.416 e. The molecule has 12 heteroatoms. The van der Waals surface area contributed by atoms with E-state index in [0.29, 0.717) is 34.4 Å². The van der Waals surface area contributed by atoms with Crippen LogP contribution in [0.4, 0.5) is 18.9 Å².